The Balaban J connectivity index is 4.40. The Morgan fingerprint density at radius 1 is 1.15 bits per heavy atom. The highest BCUT2D eigenvalue weighted by molar-refractivity contribution is 9.42. The summed E-state index contributed by atoms with van der Waals surface area (Å²) in [5.74, 6) is 0. The van der Waals surface area contributed by atoms with Gasteiger partial charge >= 0.3 is 16.3 Å². The number of halogens is 6. The number of alkyl halides is 6. The summed E-state index contributed by atoms with van der Waals surface area (Å²) in [6, 6.07) is 0. The number of hydrogen-bond acceptors (Lipinski definition) is 3. The van der Waals surface area contributed by atoms with Crippen LogP contribution >= 0.6 is 47.8 Å². The van der Waals surface area contributed by atoms with Gasteiger partial charge in [0, 0.05) is 0 Å². The zero-order chi connectivity index (χ0) is 10.9. The second-order valence-electron chi connectivity index (χ2n) is 1.78. The molecule has 0 aromatic rings. The molecule has 0 aliphatic rings. The van der Waals surface area contributed by atoms with Gasteiger partial charge in [0.1, 0.15) is 0 Å². The van der Waals surface area contributed by atoms with Crippen LogP contribution in [0.3, 0.4) is 0 Å². The maximum Gasteiger partial charge on any atom is 0.413 e. The Labute approximate surface area is 97.5 Å². The number of rotatable bonds is 2. The van der Waals surface area contributed by atoms with Crippen LogP contribution in [-0.2, 0) is 14.3 Å². The first-order chi connectivity index (χ1) is 5.46. The van der Waals surface area contributed by atoms with Crippen LogP contribution in [0.1, 0.15) is 0 Å². The molecule has 80 valence electrons. The molecule has 0 saturated heterocycles. The molecule has 0 aromatic heterocycles. The molecule has 0 rings (SSSR count). The van der Waals surface area contributed by atoms with Crippen LogP contribution in [0.4, 0.5) is 13.2 Å². The van der Waals surface area contributed by atoms with E-state index in [4.69, 9.17) is 0 Å². The van der Waals surface area contributed by atoms with E-state index in [0.717, 1.165) is 0 Å². The summed E-state index contributed by atoms with van der Waals surface area (Å²) in [5.41, 5.74) is 0. The lowest BCUT2D eigenvalue weighted by Crippen LogP contribution is -2.26. The lowest BCUT2D eigenvalue weighted by atomic mass is 10.7. The van der Waals surface area contributed by atoms with Gasteiger partial charge < -0.3 is 0 Å². The summed E-state index contributed by atoms with van der Waals surface area (Å²) < 4.78 is 58.1. The zero-order valence-corrected chi connectivity index (χ0v) is 11.2. The molecule has 0 bridgehead atoms. The third-order valence-corrected chi connectivity index (χ3v) is 5.22. The van der Waals surface area contributed by atoms with Crippen molar-refractivity contribution in [2.75, 3.05) is 6.61 Å². The highest BCUT2D eigenvalue weighted by atomic mass is 80.0. The van der Waals surface area contributed by atoms with Crippen LogP contribution in [0.5, 0.6) is 0 Å². The highest BCUT2D eigenvalue weighted by Crippen LogP contribution is 2.40. The van der Waals surface area contributed by atoms with E-state index in [9.17, 15) is 21.6 Å². The van der Waals surface area contributed by atoms with Gasteiger partial charge in [-0.3, -0.25) is 4.18 Å². The largest absolute Gasteiger partial charge is 0.413 e. The maximum atomic E-state index is 11.5. The third-order valence-electron chi connectivity index (χ3n) is 0.661. The monoisotopic (exact) mass is 412 g/mol. The average molecular weight is 415 g/mol. The Kier molecular flexibility index (Phi) is 4.71. The van der Waals surface area contributed by atoms with E-state index in [2.05, 4.69) is 52.0 Å². The normalized spacial score (nSPS) is 14.6. The van der Waals surface area contributed by atoms with Gasteiger partial charge in [0.2, 0.25) is 0 Å². The predicted molar refractivity (Wildman–Crippen MR) is 50.4 cm³/mol. The van der Waals surface area contributed by atoms with Crippen LogP contribution in [0.2, 0.25) is 0 Å². The van der Waals surface area contributed by atoms with Gasteiger partial charge in [-0.1, -0.05) is 0 Å². The van der Waals surface area contributed by atoms with Crippen LogP contribution in [0, 0.1) is 0 Å². The standard InChI is InChI=1S/C3H2Br3F3O3S/c4-3(5,6)13(10,11)12-1-2(7,8)9/h1H2. The second-order valence-corrected chi connectivity index (χ2v) is 11.9. The molecule has 0 radical (unpaired) electrons. The van der Waals surface area contributed by atoms with Crippen molar-refractivity contribution in [1.29, 1.82) is 0 Å². The van der Waals surface area contributed by atoms with Crippen molar-refractivity contribution in [3.05, 3.63) is 0 Å². The molecule has 3 nitrogen and oxygen atoms in total. The van der Waals surface area contributed by atoms with E-state index in [0.29, 0.717) is 0 Å². The van der Waals surface area contributed by atoms with Gasteiger partial charge in [0.15, 0.2) is 6.61 Å². The number of hydrogen-bond donors (Lipinski definition) is 0. The molecule has 13 heavy (non-hydrogen) atoms. The molecule has 0 aromatic carbocycles. The fraction of sp³-hybridized carbons (Fsp3) is 1.00. The summed E-state index contributed by atoms with van der Waals surface area (Å²) in [7, 11) is -4.40. The quantitative estimate of drug-likeness (QED) is 0.515. The second kappa shape index (κ2) is 4.33. The molecule has 0 spiro atoms. The van der Waals surface area contributed by atoms with Crippen molar-refractivity contribution in [3.8, 4) is 0 Å². The van der Waals surface area contributed by atoms with Gasteiger partial charge in [-0.2, -0.15) is 21.6 Å². The molecule has 0 saturated carbocycles. The lowest BCUT2D eigenvalue weighted by Gasteiger charge is -2.14. The molecule has 0 aliphatic carbocycles. The smallest absolute Gasteiger partial charge is 0.258 e. The van der Waals surface area contributed by atoms with Crippen LogP contribution in [0.25, 0.3) is 0 Å². The molecular weight excluding hydrogens is 413 g/mol. The van der Waals surface area contributed by atoms with E-state index in [-0.39, 0.29) is 0 Å². The molecule has 0 N–H and O–H groups in total. The Bertz CT molecular complexity index is 266. The molecule has 0 amide bonds. The third kappa shape index (κ3) is 5.55. The Hall–Kier alpha value is 1.14. The van der Waals surface area contributed by atoms with Crippen LogP contribution < -0.4 is 0 Å². The van der Waals surface area contributed by atoms with E-state index in [1.54, 1.807) is 0 Å². The summed E-state index contributed by atoms with van der Waals surface area (Å²) in [5, 5.41) is 0. The van der Waals surface area contributed by atoms with E-state index >= 15 is 0 Å². The summed E-state index contributed by atoms with van der Waals surface area (Å²) in [4.78, 5) is 0. The first-order valence-corrected chi connectivity index (χ1v) is 6.27. The highest BCUT2D eigenvalue weighted by Gasteiger charge is 2.40. The van der Waals surface area contributed by atoms with E-state index < -0.39 is 24.4 Å². The van der Waals surface area contributed by atoms with Gasteiger partial charge in [-0.25, -0.2) is 0 Å². The van der Waals surface area contributed by atoms with Crippen LogP contribution in [-0.4, -0.2) is 22.7 Å². The lowest BCUT2D eigenvalue weighted by molar-refractivity contribution is -0.152. The topological polar surface area (TPSA) is 43.4 Å². The molecule has 10 heteroatoms. The van der Waals surface area contributed by atoms with Crippen LogP contribution in [0.15, 0.2) is 0 Å². The SMILES string of the molecule is O=S(=O)(OCC(F)(F)F)C(Br)(Br)Br. The first-order valence-electron chi connectivity index (χ1n) is 2.48. The van der Waals surface area contributed by atoms with Gasteiger partial charge in [0.05, 0.1) is 0 Å². The van der Waals surface area contributed by atoms with E-state index in [1.807, 2.05) is 0 Å². The summed E-state index contributed by atoms with van der Waals surface area (Å²) >= 11 is 7.56. The molecule has 0 atom stereocenters. The molecular formula is C3H2Br3F3O3S. The average Bonchev–Trinajstić information content (AvgIpc) is 1.79. The first kappa shape index (κ1) is 14.1. The molecule has 0 heterocycles. The minimum atomic E-state index is -4.69. The van der Waals surface area contributed by atoms with Crippen molar-refractivity contribution in [3.63, 3.8) is 0 Å². The fourth-order valence-electron chi connectivity index (χ4n) is 0.211. The molecule has 0 fully saturated rings. The van der Waals surface area contributed by atoms with Crippen molar-refractivity contribution in [2.24, 2.45) is 0 Å². The van der Waals surface area contributed by atoms with Crippen molar-refractivity contribution >= 4 is 57.9 Å². The predicted octanol–water partition coefficient (Wildman–Crippen LogP) is 2.69. The van der Waals surface area contributed by atoms with Gasteiger partial charge in [-0.15, -0.1) is 0 Å². The maximum absolute atomic E-state index is 11.5. The van der Waals surface area contributed by atoms with Crippen molar-refractivity contribution < 1.29 is 25.8 Å². The zero-order valence-electron chi connectivity index (χ0n) is 5.61. The van der Waals surface area contributed by atoms with E-state index in [1.165, 1.54) is 0 Å². The van der Waals surface area contributed by atoms with Gasteiger partial charge in [0.25, 0.3) is 1.47 Å². The molecule has 0 unspecified atom stereocenters. The summed E-state index contributed by atoms with van der Waals surface area (Å²) in [6.07, 6.45) is -4.69. The Morgan fingerprint density at radius 3 is 1.77 bits per heavy atom. The van der Waals surface area contributed by atoms with Crippen molar-refractivity contribution in [1.82, 2.24) is 0 Å². The van der Waals surface area contributed by atoms with Crippen molar-refractivity contribution in [2.45, 2.75) is 7.65 Å². The summed E-state index contributed by atoms with van der Waals surface area (Å²) in [6.45, 7) is -1.86. The minimum Gasteiger partial charge on any atom is -0.258 e. The fourth-order valence-corrected chi connectivity index (χ4v) is 1.47. The van der Waals surface area contributed by atoms with Gasteiger partial charge in [-0.05, 0) is 47.8 Å². The minimum absolute atomic E-state index is 1.86. The Morgan fingerprint density at radius 2 is 1.54 bits per heavy atom. The molecule has 0 aliphatic heterocycles.